The average molecular weight is 247 g/mol. The van der Waals surface area contributed by atoms with E-state index in [0.717, 1.165) is 24.2 Å². The highest BCUT2D eigenvalue weighted by Crippen LogP contribution is 2.09. The predicted molar refractivity (Wildman–Crippen MR) is 71.1 cm³/mol. The van der Waals surface area contributed by atoms with Gasteiger partial charge in [0.15, 0.2) is 0 Å². The molecule has 0 aliphatic rings. The SMILES string of the molecule is CCc1ncc(CNCC(C)(C)OC)cc1C#N. The van der Waals surface area contributed by atoms with Crippen LogP contribution in [0.2, 0.25) is 0 Å². The number of methoxy groups -OCH3 is 1. The normalized spacial score (nSPS) is 11.3. The van der Waals surface area contributed by atoms with Gasteiger partial charge in [-0.05, 0) is 31.9 Å². The molecule has 1 aromatic rings. The molecule has 0 atom stereocenters. The molecule has 0 fully saturated rings. The van der Waals surface area contributed by atoms with Crippen LogP contribution in [0.25, 0.3) is 0 Å². The fraction of sp³-hybridized carbons (Fsp3) is 0.571. The second-order valence-electron chi connectivity index (χ2n) is 4.87. The summed E-state index contributed by atoms with van der Waals surface area (Å²) < 4.78 is 5.33. The van der Waals surface area contributed by atoms with Gasteiger partial charge < -0.3 is 10.1 Å². The Labute approximate surface area is 109 Å². The van der Waals surface area contributed by atoms with Gasteiger partial charge in [-0.15, -0.1) is 0 Å². The van der Waals surface area contributed by atoms with E-state index in [1.807, 2.05) is 33.0 Å². The van der Waals surface area contributed by atoms with Crippen molar-refractivity contribution < 1.29 is 4.74 Å². The summed E-state index contributed by atoms with van der Waals surface area (Å²) in [4.78, 5) is 4.31. The molecule has 1 heterocycles. The quantitative estimate of drug-likeness (QED) is 0.835. The highest BCUT2D eigenvalue weighted by atomic mass is 16.5. The van der Waals surface area contributed by atoms with Gasteiger partial charge in [0.05, 0.1) is 16.9 Å². The van der Waals surface area contributed by atoms with Crippen LogP contribution in [0, 0.1) is 11.3 Å². The molecular weight excluding hydrogens is 226 g/mol. The number of aryl methyl sites for hydroxylation is 1. The van der Waals surface area contributed by atoms with Gasteiger partial charge in [0.1, 0.15) is 6.07 Å². The van der Waals surface area contributed by atoms with E-state index in [1.165, 1.54) is 0 Å². The number of nitriles is 1. The number of ether oxygens (including phenoxy) is 1. The molecule has 0 radical (unpaired) electrons. The third kappa shape index (κ3) is 4.10. The first kappa shape index (κ1) is 14.6. The van der Waals surface area contributed by atoms with Crippen LogP contribution >= 0.6 is 0 Å². The second-order valence-corrected chi connectivity index (χ2v) is 4.87. The first-order valence-electron chi connectivity index (χ1n) is 6.16. The molecule has 18 heavy (non-hydrogen) atoms. The summed E-state index contributed by atoms with van der Waals surface area (Å²) >= 11 is 0. The van der Waals surface area contributed by atoms with Gasteiger partial charge in [0.25, 0.3) is 0 Å². The zero-order valence-electron chi connectivity index (χ0n) is 11.6. The van der Waals surface area contributed by atoms with E-state index in [4.69, 9.17) is 10.00 Å². The van der Waals surface area contributed by atoms with Gasteiger partial charge in [-0.2, -0.15) is 5.26 Å². The van der Waals surface area contributed by atoms with E-state index in [2.05, 4.69) is 16.4 Å². The smallest absolute Gasteiger partial charge is 0.101 e. The molecule has 1 N–H and O–H groups in total. The van der Waals surface area contributed by atoms with E-state index in [-0.39, 0.29) is 5.60 Å². The van der Waals surface area contributed by atoms with Crippen LogP contribution in [0.4, 0.5) is 0 Å². The van der Waals surface area contributed by atoms with Crippen LogP contribution < -0.4 is 5.32 Å². The summed E-state index contributed by atoms with van der Waals surface area (Å²) in [6.07, 6.45) is 2.61. The molecule has 0 amide bonds. The maximum absolute atomic E-state index is 9.04. The maximum Gasteiger partial charge on any atom is 0.101 e. The summed E-state index contributed by atoms with van der Waals surface area (Å²) in [6, 6.07) is 4.09. The molecule has 0 bridgehead atoms. The lowest BCUT2D eigenvalue weighted by Crippen LogP contribution is -2.36. The van der Waals surface area contributed by atoms with Gasteiger partial charge in [-0.1, -0.05) is 6.92 Å². The van der Waals surface area contributed by atoms with Gasteiger partial charge in [-0.25, -0.2) is 0 Å². The standard InChI is InChI=1S/C14H21N3O/c1-5-13-12(7-15)6-11(9-17-13)8-16-10-14(2,3)18-4/h6,9,16H,5,8,10H2,1-4H3. The van der Waals surface area contributed by atoms with Gasteiger partial charge >= 0.3 is 0 Å². The van der Waals surface area contributed by atoms with E-state index in [1.54, 1.807) is 7.11 Å². The van der Waals surface area contributed by atoms with Crippen molar-refractivity contribution in [3.8, 4) is 6.07 Å². The number of nitrogens with one attached hydrogen (secondary N) is 1. The van der Waals surface area contributed by atoms with Crippen molar-refractivity contribution in [1.82, 2.24) is 10.3 Å². The molecule has 0 unspecified atom stereocenters. The van der Waals surface area contributed by atoms with Crippen molar-refractivity contribution in [2.45, 2.75) is 39.3 Å². The average Bonchev–Trinajstić information content (AvgIpc) is 2.38. The minimum atomic E-state index is -0.186. The molecule has 4 nitrogen and oxygen atoms in total. The summed E-state index contributed by atoms with van der Waals surface area (Å²) in [5, 5.41) is 12.3. The Morgan fingerprint density at radius 1 is 1.50 bits per heavy atom. The Hall–Kier alpha value is -1.44. The third-order valence-electron chi connectivity index (χ3n) is 2.91. The Morgan fingerprint density at radius 2 is 2.22 bits per heavy atom. The van der Waals surface area contributed by atoms with Gasteiger partial charge in [0.2, 0.25) is 0 Å². The molecule has 0 saturated carbocycles. The number of rotatable bonds is 6. The number of hydrogen-bond acceptors (Lipinski definition) is 4. The molecule has 98 valence electrons. The largest absolute Gasteiger partial charge is 0.377 e. The highest BCUT2D eigenvalue weighted by molar-refractivity contribution is 5.35. The summed E-state index contributed by atoms with van der Waals surface area (Å²) in [6.45, 7) is 7.50. The van der Waals surface area contributed by atoms with Crippen molar-refractivity contribution in [3.05, 3.63) is 29.1 Å². The van der Waals surface area contributed by atoms with E-state index >= 15 is 0 Å². The van der Waals surface area contributed by atoms with Crippen molar-refractivity contribution in [1.29, 1.82) is 5.26 Å². The first-order chi connectivity index (χ1) is 8.52. The lowest BCUT2D eigenvalue weighted by Gasteiger charge is -2.23. The van der Waals surface area contributed by atoms with Crippen molar-refractivity contribution in [3.63, 3.8) is 0 Å². The van der Waals surface area contributed by atoms with E-state index in [9.17, 15) is 0 Å². The lowest BCUT2D eigenvalue weighted by molar-refractivity contribution is 0.0230. The Balaban J connectivity index is 2.62. The van der Waals surface area contributed by atoms with Crippen molar-refractivity contribution in [2.75, 3.05) is 13.7 Å². The zero-order chi connectivity index (χ0) is 13.6. The number of aromatic nitrogens is 1. The molecule has 4 heteroatoms. The zero-order valence-corrected chi connectivity index (χ0v) is 11.6. The highest BCUT2D eigenvalue weighted by Gasteiger charge is 2.15. The van der Waals surface area contributed by atoms with Crippen LogP contribution in [0.5, 0.6) is 0 Å². The maximum atomic E-state index is 9.04. The predicted octanol–water partition coefficient (Wildman–Crippen LogP) is 2.03. The fourth-order valence-corrected chi connectivity index (χ4v) is 1.59. The fourth-order valence-electron chi connectivity index (χ4n) is 1.59. The Morgan fingerprint density at radius 3 is 2.78 bits per heavy atom. The molecule has 0 spiro atoms. The van der Waals surface area contributed by atoms with Crippen LogP contribution in [-0.2, 0) is 17.7 Å². The van der Waals surface area contributed by atoms with Crippen molar-refractivity contribution >= 4 is 0 Å². The Kier molecular flexibility index (Phi) is 5.26. The van der Waals surface area contributed by atoms with E-state index < -0.39 is 0 Å². The van der Waals surface area contributed by atoms with E-state index in [0.29, 0.717) is 12.1 Å². The number of hydrogen-bond donors (Lipinski definition) is 1. The van der Waals surface area contributed by atoms with Crippen LogP contribution in [0.1, 0.15) is 37.6 Å². The van der Waals surface area contributed by atoms with Crippen molar-refractivity contribution in [2.24, 2.45) is 0 Å². The second kappa shape index (κ2) is 6.48. The monoisotopic (exact) mass is 247 g/mol. The third-order valence-corrected chi connectivity index (χ3v) is 2.91. The number of pyridine rings is 1. The molecular formula is C14H21N3O. The molecule has 0 aliphatic carbocycles. The topological polar surface area (TPSA) is 57.9 Å². The summed E-state index contributed by atoms with van der Waals surface area (Å²) in [5.41, 5.74) is 2.37. The molecule has 0 saturated heterocycles. The first-order valence-corrected chi connectivity index (χ1v) is 6.16. The summed E-state index contributed by atoms with van der Waals surface area (Å²) in [7, 11) is 1.70. The minimum Gasteiger partial charge on any atom is -0.377 e. The van der Waals surface area contributed by atoms with Gasteiger partial charge in [-0.3, -0.25) is 4.98 Å². The molecule has 1 aromatic heterocycles. The molecule has 0 aliphatic heterocycles. The molecule has 0 aromatic carbocycles. The summed E-state index contributed by atoms with van der Waals surface area (Å²) in [5.74, 6) is 0. The van der Waals surface area contributed by atoms with Gasteiger partial charge in [0, 0.05) is 26.4 Å². The Bertz CT molecular complexity index is 435. The lowest BCUT2D eigenvalue weighted by atomic mass is 10.1. The minimum absolute atomic E-state index is 0.186. The van der Waals surface area contributed by atoms with Crippen LogP contribution in [-0.4, -0.2) is 24.2 Å². The molecule has 1 rings (SSSR count). The van der Waals surface area contributed by atoms with Crippen LogP contribution in [0.3, 0.4) is 0 Å². The number of nitrogens with zero attached hydrogens (tertiary/aromatic N) is 2. The van der Waals surface area contributed by atoms with Crippen LogP contribution in [0.15, 0.2) is 12.3 Å².